The number of imidazole rings is 1. The summed E-state index contributed by atoms with van der Waals surface area (Å²) in [6.45, 7) is 2.98. The van der Waals surface area contributed by atoms with Gasteiger partial charge in [-0.2, -0.15) is 0 Å². The molecule has 0 N–H and O–H groups in total. The summed E-state index contributed by atoms with van der Waals surface area (Å²) >= 11 is 1.71. The Morgan fingerprint density at radius 3 is 2.90 bits per heavy atom. The third kappa shape index (κ3) is 4.67. The maximum Gasteiger partial charge on any atom is 0.127 e. The molecule has 0 saturated heterocycles. The summed E-state index contributed by atoms with van der Waals surface area (Å²) in [5.41, 5.74) is 1.13. The molecule has 2 rings (SSSR count). The summed E-state index contributed by atoms with van der Waals surface area (Å²) in [5, 5.41) is 0. The van der Waals surface area contributed by atoms with Gasteiger partial charge >= 0.3 is 0 Å². The molecule has 0 saturated carbocycles. The highest BCUT2D eigenvalue weighted by Crippen LogP contribution is 2.33. The molecule has 0 bridgehead atoms. The molecule has 0 atom stereocenters. The molecular formula is C17H22N2OS. The second-order valence-corrected chi connectivity index (χ2v) is 5.61. The Kier molecular flexibility index (Phi) is 6.41. The number of ether oxygens (including phenoxy) is 1. The van der Waals surface area contributed by atoms with Crippen LogP contribution in [0.25, 0.3) is 11.1 Å². The maximum atomic E-state index is 5.96. The van der Waals surface area contributed by atoms with E-state index in [9.17, 15) is 0 Å². The second kappa shape index (κ2) is 8.57. The average molecular weight is 302 g/mol. The van der Waals surface area contributed by atoms with Crippen molar-refractivity contribution in [1.82, 2.24) is 9.55 Å². The molecule has 0 radical (unpaired) electrons. The SMILES string of the molecule is CCCCCOc1ccccc1/C(=C\n1ccnc1)SC. The van der Waals surface area contributed by atoms with Crippen LogP contribution in [0.1, 0.15) is 31.7 Å². The summed E-state index contributed by atoms with van der Waals surface area (Å²) in [6, 6.07) is 8.22. The van der Waals surface area contributed by atoms with E-state index in [1.54, 1.807) is 24.3 Å². The average Bonchev–Trinajstić information content (AvgIpc) is 3.03. The number of rotatable bonds is 8. The maximum absolute atomic E-state index is 5.96. The molecule has 1 aromatic carbocycles. The fraction of sp³-hybridized carbons (Fsp3) is 0.353. The first-order valence-corrected chi connectivity index (χ1v) is 8.53. The second-order valence-electron chi connectivity index (χ2n) is 4.76. The molecular weight excluding hydrogens is 280 g/mol. The van der Waals surface area contributed by atoms with E-state index in [1.807, 2.05) is 29.0 Å². The zero-order valence-electron chi connectivity index (χ0n) is 12.7. The Bertz CT molecular complexity index is 564. The number of benzene rings is 1. The van der Waals surface area contributed by atoms with Gasteiger partial charge in [0.25, 0.3) is 0 Å². The van der Waals surface area contributed by atoms with Crippen molar-refractivity contribution in [2.75, 3.05) is 12.9 Å². The fourth-order valence-electron chi connectivity index (χ4n) is 2.04. The third-order valence-electron chi connectivity index (χ3n) is 3.17. The van der Waals surface area contributed by atoms with Gasteiger partial charge in [-0.25, -0.2) is 4.98 Å². The van der Waals surface area contributed by atoms with Gasteiger partial charge in [-0.3, -0.25) is 0 Å². The van der Waals surface area contributed by atoms with Gasteiger partial charge in [0.1, 0.15) is 5.75 Å². The van der Waals surface area contributed by atoms with Crippen molar-refractivity contribution < 1.29 is 4.74 Å². The van der Waals surface area contributed by atoms with Crippen molar-refractivity contribution in [3.8, 4) is 5.75 Å². The Morgan fingerprint density at radius 2 is 2.19 bits per heavy atom. The largest absolute Gasteiger partial charge is 0.493 e. The smallest absolute Gasteiger partial charge is 0.127 e. The Balaban J connectivity index is 2.17. The topological polar surface area (TPSA) is 27.1 Å². The lowest BCUT2D eigenvalue weighted by Gasteiger charge is -2.13. The van der Waals surface area contributed by atoms with Crippen molar-refractivity contribution in [2.24, 2.45) is 0 Å². The van der Waals surface area contributed by atoms with Crippen LogP contribution in [0.4, 0.5) is 0 Å². The van der Waals surface area contributed by atoms with E-state index >= 15 is 0 Å². The number of thioether (sulfide) groups is 1. The number of unbranched alkanes of at least 4 members (excludes halogenated alkanes) is 2. The van der Waals surface area contributed by atoms with E-state index in [2.05, 4.69) is 30.4 Å². The van der Waals surface area contributed by atoms with Crippen LogP contribution in [-0.4, -0.2) is 22.4 Å². The van der Waals surface area contributed by atoms with E-state index in [4.69, 9.17) is 4.74 Å². The molecule has 1 heterocycles. The van der Waals surface area contributed by atoms with Crippen LogP contribution in [0.2, 0.25) is 0 Å². The van der Waals surface area contributed by atoms with E-state index in [-0.39, 0.29) is 0 Å². The van der Waals surface area contributed by atoms with Crippen LogP contribution in [0.5, 0.6) is 5.75 Å². The van der Waals surface area contributed by atoms with Crippen LogP contribution >= 0.6 is 11.8 Å². The van der Waals surface area contributed by atoms with Gasteiger partial charge in [0.15, 0.2) is 0 Å². The van der Waals surface area contributed by atoms with Gasteiger partial charge in [-0.1, -0.05) is 38.0 Å². The lowest BCUT2D eigenvalue weighted by atomic mass is 10.2. The molecule has 0 amide bonds. The molecule has 0 unspecified atom stereocenters. The summed E-state index contributed by atoms with van der Waals surface area (Å²) in [7, 11) is 0. The quantitative estimate of drug-likeness (QED) is 0.657. The highest BCUT2D eigenvalue weighted by Gasteiger charge is 2.08. The molecule has 4 heteroatoms. The number of hydrogen-bond acceptors (Lipinski definition) is 3. The lowest BCUT2D eigenvalue weighted by molar-refractivity contribution is 0.305. The number of aromatic nitrogens is 2. The molecule has 2 aromatic rings. The fourth-order valence-corrected chi connectivity index (χ4v) is 2.66. The zero-order valence-corrected chi connectivity index (χ0v) is 13.5. The molecule has 0 aliphatic heterocycles. The standard InChI is InChI=1S/C17H22N2OS/c1-3-4-7-12-20-16-9-6-5-8-15(16)17(21-2)13-19-11-10-18-14-19/h5-6,8-11,13-14H,3-4,7,12H2,1-2H3/b17-13+. The first kappa shape index (κ1) is 15.7. The van der Waals surface area contributed by atoms with Crippen molar-refractivity contribution in [1.29, 1.82) is 0 Å². The Hall–Kier alpha value is -1.68. The van der Waals surface area contributed by atoms with E-state index in [0.717, 1.165) is 24.3 Å². The third-order valence-corrected chi connectivity index (χ3v) is 3.93. The molecule has 1 aromatic heterocycles. The van der Waals surface area contributed by atoms with Gasteiger partial charge in [0, 0.05) is 29.1 Å². The summed E-state index contributed by atoms with van der Waals surface area (Å²) in [6.07, 6.45) is 13.2. The van der Waals surface area contributed by atoms with E-state index in [1.165, 1.54) is 17.7 Å². The van der Waals surface area contributed by atoms with Gasteiger partial charge in [-0.05, 0) is 18.7 Å². The molecule has 0 aliphatic rings. The Morgan fingerprint density at radius 1 is 1.33 bits per heavy atom. The lowest BCUT2D eigenvalue weighted by Crippen LogP contribution is -1.99. The van der Waals surface area contributed by atoms with Crippen molar-refractivity contribution in [3.05, 3.63) is 48.5 Å². The molecule has 112 valence electrons. The predicted octanol–water partition coefficient (Wildman–Crippen LogP) is 4.77. The van der Waals surface area contributed by atoms with Crippen molar-refractivity contribution in [2.45, 2.75) is 26.2 Å². The van der Waals surface area contributed by atoms with Crippen LogP contribution in [0.15, 0.2) is 43.0 Å². The van der Waals surface area contributed by atoms with Crippen LogP contribution in [0.3, 0.4) is 0 Å². The zero-order chi connectivity index (χ0) is 14.9. The minimum Gasteiger partial charge on any atom is -0.493 e. The first-order chi connectivity index (χ1) is 10.3. The van der Waals surface area contributed by atoms with E-state index < -0.39 is 0 Å². The molecule has 0 spiro atoms. The molecule has 0 aliphatic carbocycles. The van der Waals surface area contributed by atoms with E-state index in [0.29, 0.717) is 0 Å². The van der Waals surface area contributed by atoms with Gasteiger partial charge in [-0.15, -0.1) is 11.8 Å². The van der Waals surface area contributed by atoms with Crippen molar-refractivity contribution in [3.63, 3.8) is 0 Å². The minimum absolute atomic E-state index is 0.775. The number of nitrogens with zero attached hydrogens (tertiary/aromatic N) is 2. The molecule has 0 fully saturated rings. The van der Waals surface area contributed by atoms with Crippen LogP contribution < -0.4 is 4.74 Å². The minimum atomic E-state index is 0.775. The number of hydrogen-bond donors (Lipinski definition) is 0. The highest BCUT2D eigenvalue weighted by molar-refractivity contribution is 8.07. The molecule has 21 heavy (non-hydrogen) atoms. The van der Waals surface area contributed by atoms with Crippen molar-refractivity contribution >= 4 is 22.9 Å². The summed E-state index contributed by atoms with van der Waals surface area (Å²) in [4.78, 5) is 5.24. The normalized spacial score (nSPS) is 11.6. The van der Waals surface area contributed by atoms with Crippen LogP contribution in [0, 0.1) is 0 Å². The first-order valence-electron chi connectivity index (χ1n) is 7.30. The monoisotopic (exact) mass is 302 g/mol. The van der Waals surface area contributed by atoms with Crippen LogP contribution in [-0.2, 0) is 0 Å². The summed E-state index contributed by atoms with van der Waals surface area (Å²) in [5.74, 6) is 0.953. The highest BCUT2D eigenvalue weighted by atomic mass is 32.2. The Labute approximate surface area is 131 Å². The summed E-state index contributed by atoms with van der Waals surface area (Å²) < 4.78 is 7.92. The van der Waals surface area contributed by atoms with Gasteiger partial charge in [0.2, 0.25) is 0 Å². The predicted molar refractivity (Wildman–Crippen MR) is 91.4 cm³/mol. The molecule has 3 nitrogen and oxygen atoms in total. The number of para-hydroxylation sites is 1. The van der Waals surface area contributed by atoms with Gasteiger partial charge in [0.05, 0.1) is 12.9 Å². The van der Waals surface area contributed by atoms with Gasteiger partial charge < -0.3 is 9.30 Å².